The molecule has 0 aromatic rings. The molecule has 0 aliphatic carbocycles. The molecular formula is C9H18N2O5. The monoisotopic (exact) mass is 234 g/mol. The molecule has 0 fully saturated rings. The SMILES string of the molecule is COCC(CNC(=O)N(C)CC(=O)O)OC. The van der Waals surface area contributed by atoms with Gasteiger partial charge in [0.25, 0.3) is 0 Å². The average molecular weight is 234 g/mol. The van der Waals surface area contributed by atoms with Crippen LogP contribution < -0.4 is 5.32 Å². The van der Waals surface area contributed by atoms with E-state index in [0.717, 1.165) is 4.90 Å². The molecule has 16 heavy (non-hydrogen) atoms. The number of amides is 2. The molecule has 0 rings (SSSR count). The lowest BCUT2D eigenvalue weighted by Gasteiger charge is -2.19. The van der Waals surface area contributed by atoms with Crippen molar-refractivity contribution in [3.63, 3.8) is 0 Å². The molecule has 0 aromatic heterocycles. The van der Waals surface area contributed by atoms with Crippen LogP contribution in [0.4, 0.5) is 4.79 Å². The van der Waals surface area contributed by atoms with E-state index < -0.39 is 12.0 Å². The van der Waals surface area contributed by atoms with E-state index in [1.807, 2.05) is 0 Å². The highest BCUT2D eigenvalue weighted by molar-refractivity contribution is 5.79. The second kappa shape index (κ2) is 7.89. The normalized spacial score (nSPS) is 11.9. The zero-order valence-corrected chi connectivity index (χ0v) is 9.73. The topological polar surface area (TPSA) is 88.1 Å². The molecule has 94 valence electrons. The smallest absolute Gasteiger partial charge is 0.323 e. The third kappa shape index (κ3) is 6.20. The Morgan fingerprint density at radius 3 is 2.50 bits per heavy atom. The van der Waals surface area contributed by atoms with Gasteiger partial charge < -0.3 is 24.8 Å². The first-order valence-electron chi connectivity index (χ1n) is 4.73. The standard InChI is InChI=1S/C9H18N2O5/c1-11(5-8(12)13)9(14)10-4-7(16-3)6-15-2/h7H,4-6H2,1-3H3,(H,10,14)(H,12,13). The third-order valence-electron chi connectivity index (χ3n) is 1.89. The van der Waals surface area contributed by atoms with Crippen molar-refractivity contribution >= 4 is 12.0 Å². The molecule has 7 nitrogen and oxygen atoms in total. The van der Waals surface area contributed by atoms with Gasteiger partial charge in [0.2, 0.25) is 0 Å². The quantitative estimate of drug-likeness (QED) is 0.612. The van der Waals surface area contributed by atoms with Crippen LogP contribution in [0.25, 0.3) is 0 Å². The molecule has 1 unspecified atom stereocenters. The van der Waals surface area contributed by atoms with Gasteiger partial charge in [0.1, 0.15) is 6.54 Å². The number of hydrogen-bond acceptors (Lipinski definition) is 4. The number of nitrogens with zero attached hydrogens (tertiary/aromatic N) is 1. The summed E-state index contributed by atoms with van der Waals surface area (Å²) in [5.74, 6) is -1.06. The van der Waals surface area contributed by atoms with E-state index in [9.17, 15) is 9.59 Å². The van der Waals surface area contributed by atoms with E-state index in [1.165, 1.54) is 21.3 Å². The van der Waals surface area contributed by atoms with Gasteiger partial charge in [-0.15, -0.1) is 0 Å². The van der Waals surface area contributed by atoms with Gasteiger partial charge in [0.05, 0.1) is 12.7 Å². The zero-order chi connectivity index (χ0) is 12.6. The Kier molecular flexibility index (Phi) is 7.23. The van der Waals surface area contributed by atoms with E-state index in [4.69, 9.17) is 14.6 Å². The average Bonchev–Trinajstić information content (AvgIpc) is 2.22. The third-order valence-corrected chi connectivity index (χ3v) is 1.89. The Bertz CT molecular complexity index is 234. The van der Waals surface area contributed by atoms with Gasteiger partial charge in [-0.1, -0.05) is 0 Å². The lowest BCUT2D eigenvalue weighted by atomic mass is 10.4. The number of carboxylic acids is 1. The molecule has 0 saturated carbocycles. The molecule has 0 radical (unpaired) electrons. The van der Waals surface area contributed by atoms with Crippen LogP contribution in [0, 0.1) is 0 Å². The highest BCUT2D eigenvalue weighted by atomic mass is 16.5. The summed E-state index contributed by atoms with van der Waals surface area (Å²) in [5, 5.41) is 11.0. The van der Waals surface area contributed by atoms with Crippen LogP contribution in [-0.4, -0.2) is 69.1 Å². The van der Waals surface area contributed by atoms with Crippen molar-refractivity contribution in [1.82, 2.24) is 10.2 Å². The second-order valence-corrected chi connectivity index (χ2v) is 3.25. The van der Waals surface area contributed by atoms with Gasteiger partial charge in [0, 0.05) is 27.8 Å². The first-order chi connectivity index (χ1) is 7.51. The van der Waals surface area contributed by atoms with Gasteiger partial charge in [-0.25, -0.2) is 4.79 Å². The van der Waals surface area contributed by atoms with Crippen molar-refractivity contribution in [2.24, 2.45) is 0 Å². The molecule has 1 atom stereocenters. The number of methoxy groups -OCH3 is 2. The summed E-state index contributed by atoms with van der Waals surface area (Å²) < 4.78 is 9.90. The fourth-order valence-corrected chi connectivity index (χ4v) is 1.01. The summed E-state index contributed by atoms with van der Waals surface area (Å²) >= 11 is 0. The Morgan fingerprint density at radius 2 is 2.06 bits per heavy atom. The number of urea groups is 1. The van der Waals surface area contributed by atoms with E-state index in [2.05, 4.69) is 5.32 Å². The van der Waals surface area contributed by atoms with Gasteiger partial charge >= 0.3 is 12.0 Å². The maximum Gasteiger partial charge on any atom is 0.323 e. The number of likely N-dealkylation sites (N-methyl/N-ethyl adjacent to an activating group) is 1. The number of rotatable bonds is 7. The summed E-state index contributed by atoms with van der Waals surface area (Å²) in [6, 6.07) is -0.458. The molecule has 0 aliphatic rings. The first-order valence-corrected chi connectivity index (χ1v) is 4.73. The predicted molar refractivity (Wildman–Crippen MR) is 56.3 cm³/mol. The highest BCUT2D eigenvalue weighted by Crippen LogP contribution is 1.90. The van der Waals surface area contributed by atoms with E-state index in [1.54, 1.807) is 0 Å². The molecule has 0 aromatic carbocycles. The van der Waals surface area contributed by atoms with E-state index in [-0.39, 0.29) is 19.2 Å². The number of aliphatic carboxylic acids is 1. The molecule has 0 bridgehead atoms. The number of ether oxygens (including phenoxy) is 2. The maximum absolute atomic E-state index is 11.4. The predicted octanol–water partition coefficient (Wildman–Crippen LogP) is -0.626. The van der Waals surface area contributed by atoms with Gasteiger partial charge in [-0.3, -0.25) is 4.79 Å². The zero-order valence-electron chi connectivity index (χ0n) is 9.73. The number of carbonyl (C=O) groups excluding carboxylic acids is 1. The number of hydrogen-bond donors (Lipinski definition) is 2. The molecule has 0 heterocycles. The maximum atomic E-state index is 11.4. The van der Waals surface area contributed by atoms with Gasteiger partial charge in [0.15, 0.2) is 0 Å². The van der Waals surface area contributed by atoms with Crippen LogP contribution >= 0.6 is 0 Å². The Labute approximate surface area is 94.3 Å². The van der Waals surface area contributed by atoms with Crippen LogP contribution in [0.15, 0.2) is 0 Å². The lowest BCUT2D eigenvalue weighted by molar-refractivity contribution is -0.137. The van der Waals surface area contributed by atoms with E-state index in [0.29, 0.717) is 6.61 Å². The van der Waals surface area contributed by atoms with Crippen molar-refractivity contribution in [2.45, 2.75) is 6.10 Å². The molecule has 2 amide bonds. The fraction of sp³-hybridized carbons (Fsp3) is 0.778. The molecule has 0 saturated heterocycles. The summed E-state index contributed by atoms with van der Waals surface area (Å²) in [7, 11) is 4.45. The van der Waals surface area contributed by atoms with Crippen molar-refractivity contribution < 1.29 is 24.2 Å². The van der Waals surface area contributed by atoms with Crippen molar-refractivity contribution in [3.8, 4) is 0 Å². The summed E-state index contributed by atoms with van der Waals surface area (Å²) in [4.78, 5) is 22.8. The highest BCUT2D eigenvalue weighted by Gasteiger charge is 2.14. The fourth-order valence-electron chi connectivity index (χ4n) is 1.01. The van der Waals surface area contributed by atoms with Crippen LogP contribution in [0.1, 0.15) is 0 Å². The van der Waals surface area contributed by atoms with Gasteiger partial charge in [-0.2, -0.15) is 0 Å². The van der Waals surface area contributed by atoms with Gasteiger partial charge in [-0.05, 0) is 0 Å². The molecular weight excluding hydrogens is 216 g/mol. The molecule has 7 heteroatoms. The summed E-state index contributed by atoms with van der Waals surface area (Å²) in [5.41, 5.74) is 0. The number of nitrogens with one attached hydrogen (secondary N) is 1. The molecule has 0 aliphatic heterocycles. The number of carbonyl (C=O) groups is 2. The minimum atomic E-state index is -1.06. The van der Waals surface area contributed by atoms with Crippen molar-refractivity contribution in [1.29, 1.82) is 0 Å². The second-order valence-electron chi connectivity index (χ2n) is 3.25. The van der Waals surface area contributed by atoms with Crippen LogP contribution in [0.5, 0.6) is 0 Å². The molecule has 2 N–H and O–H groups in total. The van der Waals surface area contributed by atoms with Crippen LogP contribution in [0.2, 0.25) is 0 Å². The first kappa shape index (κ1) is 14.7. The number of carboxylic acid groups (broad SMARTS) is 1. The lowest BCUT2D eigenvalue weighted by Crippen LogP contribution is -2.44. The van der Waals surface area contributed by atoms with Crippen molar-refractivity contribution in [3.05, 3.63) is 0 Å². The minimum Gasteiger partial charge on any atom is -0.480 e. The van der Waals surface area contributed by atoms with E-state index >= 15 is 0 Å². The molecule has 0 spiro atoms. The minimum absolute atomic E-state index is 0.243. The Balaban J connectivity index is 3.90. The summed E-state index contributed by atoms with van der Waals surface area (Å²) in [6.45, 7) is 0.292. The summed E-state index contributed by atoms with van der Waals surface area (Å²) in [6.07, 6.45) is -0.243. The Hall–Kier alpha value is -1.34. The Morgan fingerprint density at radius 1 is 1.44 bits per heavy atom. The largest absolute Gasteiger partial charge is 0.480 e. The van der Waals surface area contributed by atoms with Crippen molar-refractivity contribution in [2.75, 3.05) is 41.0 Å². The van der Waals surface area contributed by atoms with Crippen LogP contribution in [-0.2, 0) is 14.3 Å². The van der Waals surface area contributed by atoms with Crippen LogP contribution in [0.3, 0.4) is 0 Å².